The fourth-order valence-corrected chi connectivity index (χ4v) is 5.52. The molecule has 158 valence electrons. The van der Waals surface area contributed by atoms with E-state index in [1.165, 1.54) is 10.4 Å². The highest BCUT2D eigenvalue weighted by atomic mass is 32.1. The topological polar surface area (TPSA) is 91.5 Å². The molecule has 3 aromatic rings. The summed E-state index contributed by atoms with van der Waals surface area (Å²) in [5.41, 5.74) is 3.12. The van der Waals surface area contributed by atoms with Crippen LogP contribution < -0.4 is 16.2 Å². The third-order valence-corrected chi connectivity index (χ3v) is 7.09. The van der Waals surface area contributed by atoms with Crippen LogP contribution in [0.3, 0.4) is 0 Å². The molecule has 4 N–H and O–H groups in total. The molecule has 1 aliphatic carbocycles. The van der Waals surface area contributed by atoms with E-state index in [0.29, 0.717) is 11.7 Å². The number of fused-ring (bicyclic) bond motifs is 3. The molecule has 6 nitrogen and oxygen atoms in total. The quantitative estimate of drug-likeness (QED) is 0.567. The molecule has 30 heavy (non-hydrogen) atoms. The Morgan fingerprint density at radius 3 is 3.00 bits per heavy atom. The van der Waals surface area contributed by atoms with Gasteiger partial charge in [-0.2, -0.15) is 0 Å². The van der Waals surface area contributed by atoms with Crippen LogP contribution in [0.25, 0.3) is 10.2 Å². The highest BCUT2D eigenvalue weighted by Gasteiger charge is 2.24. The van der Waals surface area contributed by atoms with E-state index in [0.717, 1.165) is 47.2 Å². The number of para-hydroxylation sites is 1. The predicted octanol–water partition coefficient (Wildman–Crippen LogP) is 2.93. The second kappa shape index (κ2) is 8.70. The van der Waals surface area contributed by atoms with Gasteiger partial charge in [-0.1, -0.05) is 32.0 Å². The number of aryl methyl sites for hydroxylation is 2. The molecule has 0 fully saturated rings. The van der Waals surface area contributed by atoms with Crippen LogP contribution in [0.15, 0.2) is 29.1 Å². The monoisotopic (exact) mass is 425 g/mol. The minimum Gasteiger partial charge on any atom is -0.330 e. The number of hydrogen-bond donors (Lipinski definition) is 3. The summed E-state index contributed by atoms with van der Waals surface area (Å²) < 4.78 is 0. The Balaban J connectivity index is 1.46. The minimum atomic E-state index is -0.118. The molecule has 0 radical (unpaired) electrons. The van der Waals surface area contributed by atoms with Gasteiger partial charge in [-0.05, 0) is 55.7 Å². The maximum atomic E-state index is 12.8. The van der Waals surface area contributed by atoms with E-state index in [1.54, 1.807) is 11.3 Å². The van der Waals surface area contributed by atoms with Gasteiger partial charge in [-0.15, -0.1) is 11.3 Å². The predicted molar refractivity (Wildman–Crippen MR) is 121 cm³/mol. The lowest BCUT2D eigenvalue weighted by atomic mass is 9.89. The van der Waals surface area contributed by atoms with Crippen molar-refractivity contribution in [3.05, 3.63) is 56.4 Å². The van der Waals surface area contributed by atoms with Gasteiger partial charge in [0.25, 0.3) is 11.5 Å². The molecular formula is C23H29N4O2S+. The molecule has 7 heteroatoms. The van der Waals surface area contributed by atoms with Gasteiger partial charge >= 0.3 is 0 Å². The number of aromatic nitrogens is 2. The van der Waals surface area contributed by atoms with Gasteiger partial charge < -0.3 is 15.6 Å². The first-order chi connectivity index (χ1) is 14.5. The zero-order valence-electron chi connectivity index (χ0n) is 17.7. The van der Waals surface area contributed by atoms with E-state index < -0.39 is 0 Å². The molecule has 0 spiro atoms. The summed E-state index contributed by atoms with van der Waals surface area (Å²) in [4.78, 5) is 35.1. The number of carbonyl (C=O) groups excluding carboxylic acids is 1. The molecule has 1 amide bonds. The number of carbonyl (C=O) groups is 1. The lowest BCUT2D eigenvalue weighted by molar-refractivity contribution is -0.683. The number of benzene rings is 1. The largest absolute Gasteiger partial charge is 0.330 e. The smallest absolute Gasteiger partial charge is 0.279 e. The second-order valence-corrected chi connectivity index (χ2v) is 9.35. The average molecular weight is 426 g/mol. The van der Waals surface area contributed by atoms with E-state index >= 15 is 0 Å². The average Bonchev–Trinajstić information content (AvgIpc) is 3.10. The fourth-order valence-electron chi connectivity index (χ4n) is 4.13. The third-order valence-electron chi connectivity index (χ3n) is 5.94. The maximum Gasteiger partial charge on any atom is 0.279 e. The first-order valence-corrected chi connectivity index (χ1v) is 11.5. The zero-order chi connectivity index (χ0) is 21.3. The Bertz CT molecular complexity index is 1130. The molecule has 4 rings (SSSR count). The highest BCUT2D eigenvalue weighted by Crippen LogP contribution is 2.35. The molecule has 0 bridgehead atoms. The second-order valence-electron chi connectivity index (χ2n) is 8.27. The van der Waals surface area contributed by atoms with E-state index in [-0.39, 0.29) is 24.1 Å². The zero-order valence-corrected chi connectivity index (χ0v) is 18.6. The number of nitrogens with one attached hydrogen (secondary N) is 2. The normalized spacial score (nSPS) is 17.0. The van der Waals surface area contributed by atoms with Gasteiger partial charge in [0.1, 0.15) is 10.9 Å². The summed E-state index contributed by atoms with van der Waals surface area (Å²) in [5, 5.41) is 5.66. The van der Waals surface area contributed by atoms with Crippen molar-refractivity contribution in [2.75, 3.05) is 11.9 Å². The maximum absolute atomic E-state index is 12.8. The number of nitrogens with two attached hydrogens (primary N) is 1. The standard InChI is InChI=1S/C23H28N4O2S/c1-4-15-7-5-6-8-17(15)25-19(28)12-24-14(3)21-26-22(29)20-16-10-9-13(2)11-18(16)30-23(20)27-21/h5-8,13-14,24H,4,9-12H2,1-3H3,(H,25,28)(H,26,27,29)/p+1/t13-,14+/m1/s1. The number of aromatic amines is 1. The van der Waals surface area contributed by atoms with Crippen LogP contribution in [0.5, 0.6) is 0 Å². The summed E-state index contributed by atoms with van der Waals surface area (Å²) >= 11 is 1.66. The van der Waals surface area contributed by atoms with Gasteiger partial charge in [-0.25, -0.2) is 4.98 Å². The van der Waals surface area contributed by atoms with Crippen molar-refractivity contribution in [3.8, 4) is 0 Å². The Morgan fingerprint density at radius 1 is 1.40 bits per heavy atom. The molecule has 0 unspecified atom stereocenters. The van der Waals surface area contributed by atoms with Crippen molar-refractivity contribution in [1.29, 1.82) is 0 Å². The molecule has 0 aliphatic heterocycles. The van der Waals surface area contributed by atoms with E-state index in [4.69, 9.17) is 4.98 Å². The Hall–Kier alpha value is -2.51. The molecule has 1 aliphatic rings. The first-order valence-electron chi connectivity index (χ1n) is 10.7. The molecular weight excluding hydrogens is 396 g/mol. The molecule has 0 saturated carbocycles. The van der Waals surface area contributed by atoms with Crippen molar-refractivity contribution in [2.24, 2.45) is 5.92 Å². The number of nitrogens with zero attached hydrogens (tertiary/aromatic N) is 1. The minimum absolute atomic E-state index is 0.0522. The number of hydrogen-bond acceptors (Lipinski definition) is 4. The highest BCUT2D eigenvalue weighted by molar-refractivity contribution is 7.18. The van der Waals surface area contributed by atoms with Crippen molar-refractivity contribution >= 4 is 33.1 Å². The molecule has 2 aromatic heterocycles. The van der Waals surface area contributed by atoms with Crippen LogP contribution in [0.2, 0.25) is 0 Å². The number of amides is 1. The Kier molecular flexibility index (Phi) is 6.01. The van der Waals surface area contributed by atoms with Crippen LogP contribution >= 0.6 is 11.3 Å². The lowest BCUT2D eigenvalue weighted by Gasteiger charge is -2.17. The number of thiophene rings is 1. The van der Waals surface area contributed by atoms with Crippen molar-refractivity contribution in [3.63, 3.8) is 0 Å². The van der Waals surface area contributed by atoms with Gasteiger partial charge in [0.15, 0.2) is 12.4 Å². The summed E-state index contributed by atoms with van der Waals surface area (Å²) in [6.45, 7) is 6.56. The van der Waals surface area contributed by atoms with Crippen molar-refractivity contribution in [2.45, 2.75) is 52.5 Å². The van der Waals surface area contributed by atoms with E-state index in [1.807, 2.05) is 36.5 Å². The van der Waals surface area contributed by atoms with Gasteiger partial charge in [0, 0.05) is 10.6 Å². The Labute approximate surface area is 180 Å². The number of H-pyrrole nitrogens is 1. The number of anilines is 1. The summed E-state index contributed by atoms with van der Waals surface area (Å²) in [6.07, 6.45) is 3.99. The van der Waals surface area contributed by atoms with Crippen molar-refractivity contribution < 1.29 is 10.1 Å². The summed E-state index contributed by atoms with van der Waals surface area (Å²) in [5.74, 6) is 1.22. The van der Waals surface area contributed by atoms with Crippen LogP contribution in [0.1, 0.15) is 55.1 Å². The SMILES string of the molecule is CCc1ccccc1NC(=O)C[NH2+][C@@H](C)c1nc2sc3c(c2c(=O)[nH]1)CC[C@@H](C)C3. The summed E-state index contributed by atoms with van der Waals surface area (Å²) in [6, 6.07) is 7.73. The molecule has 0 saturated heterocycles. The number of rotatable bonds is 6. The van der Waals surface area contributed by atoms with E-state index in [2.05, 4.69) is 24.1 Å². The van der Waals surface area contributed by atoms with Crippen LogP contribution in [-0.2, 0) is 24.1 Å². The molecule has 2 atom stereocenters. The van der Waals surface area contributed by atoms with Crippen molar-refractivity contribution in [1.82, 2.24) is 9.97 Å². The van der Waals surface area contributed by atoms with Crippen LogP contribution in [-0.4, -0.2) is 22.4 Å². The van der Waals surface area contributed by atoms with Gasteiger partial charge in [-0.3, -0.25) is 9.59 Å². The first kappa shape index (κ1) is 20.8. The fraction of sp³-hybridized carbons (Fsp3) is 0.435. The third kappa shape index (κ3) is 4.18. The number of quaternary nitrogens is 1. The van der Waals surface area contributed by atoms with Crippen LogP contribution in [0, 0.1) is 5.92 Å². The lowest BCUT2D eigenvalue weighted by Crippen LogP contribution is -2.87. The van der Waals surface area contributed by atoms with Gasteiger partial charge in [0.2, 0.25) is 0 Å². The molecule has 1 aromatic carbocycles. The van der Waals surface area contributed by atoms with Crippen LogP contribution in [0.4, 0.5) is 5.69 Å². The van der Waals surface area contributed by atoms with E-state index in [9.17, 15) is 9.59 Å². The molecule has 2 heterocycles. The van der Waals surface area contributed by atoms with Gasteiger partial charge in [0.05, 0.1) is 5.39 Å². The summed E-state index contributed by atoms with van der Waals surface area (Å²) in [7, 11) is 0. The Morgan fingerprint density at radius 2 is 2.20 bits per heavy atom.